The van der Waals surface area contributed by atoms with Crippen LogP contribution in [0.5, 0.6) is 0 Å². The van der Waals surface area contributed by atoms with E-state index >= 15 is 0 Å². The lowest BCUT2D eigenvalue weighted by Crippen LogP contribution is -2.42. The minimum atomic E-state index is 0.677. The smallest absolute Gasteiger partial charge is 0.0522 e. The third kappa shape index (κ3) is 2.01. The Hall–Kier alpha value is -0.830. The van der Waals surface area contributed by atoms with Gasteiger partial charge >= 0.3 is 0 Å². The van der Waals surface area contributed by atoms with Crippen LogP contribution in [-0.2, 0) is 12.8 Å². The van der Waals surface area contributed by atoms with Gasteiger partial charge in [0.1, 0.15) is 0 Å². The molecule has 3 nitrogen and oxygen atoms in total. The van der Waals surface area contributed by atoms with Crippen molar-refractivity contribution in [3.05, 3.63) is 17.5 Å². The number of fused-ring (bicyclic) bond motifs is 1. The quantitative estimate of drug-likeness (QED) is 0.813. The van der Waals surface area contributed by atoms with Crippen molar-refractivity contribution < 1.29 is 0 Å². The van der Waals surface area contributed by atoms with E-state index in [1.54, 1.807) is 0 Å². The molecule has 1 fully saturated rings. The van der Waals surface area contributed by atoms with E-state index in [1.807, 2.05) is 6.20 Å². The van der Waals surface area contributed by atoms with Crippen molar-refractivity contribution in [1.82, 2.24) is 15.5 Å². The second kappa shape index (κ2) is 4.21. The molecular formula is C13H21N3. The zero-order valence-corrected chi connectivity index (χ0v) is 10.00. The van der Waals surface area contributed by atoms with E-state index in [4.69, 9.17) is 0 Å². The number of aryl methyl sites for hydroxylation is 1. The first-order valence-corrected chi connectivity index (χ1v) is 6.64. The number of aromatic nitrogens is 2. The molecule has 16 heavy (non-hydrogen) atoms. The molecule has 0 aromatic carbocycles. The second-order valence-electron chi connectivity index (χ2n) is 5.33. The molecule has 2 aliphatic carbocycles. The molecule has 0 aliphatic heterocycles. The van der Waals surface area contributed by atoms with Gasteiger partial charge in [-0.3, -0.25) is 5.10 Å². The molecule has 1 saturated carbocycles. The van der Waals surface area contributed by atoms with Gasteiger partial charge in [0.25, 0.3) is 0 Å². The molecular weight excluding hydrogens is 198 g/mol. The third-order valence-electron chi connectivity index (χ3n) is 4.10. The average molecular weight is 219 g/mol. The molecule has 0 bridgehead atoms. The van der Waals surface area contributed by atoms with E-state index in [0.717, 1.165) is 24.8 Å². The summed E-state index contributed by atoms with van der Waals surface area (Å²) in [5.74, 6) is 0.968. The van der Waals surface area contributed by atoms with E-state index in [1.165, 1.54) is 36.9 Å². The predicted molar refractivity (Wildman–Crippen MR) is 64.3 cm³/mol. The van der Waals surface area contributed by atoms with Crippen LogP contribution < -0.4 is 5.32 Å². The standard InChI is InChI=1S/C13H21N3/c1-2-12(9-3-4-9)15-11-5-6-13-10(7-11)8-14-16-13/h8-9,11-12,15H,2-7H2,1H3,(H,14,16). The van der Waals surface area contributed by atoms with Crippen LogP contribution in [0.1, 0.15) is 43.9 Å². The maximum absolute atomic E-state index is 4.13. The molecule has 0 radical (unpaired) electrons. The van der Waals surface area contributed by atoms with Gasteiger partial charge in [-0.15, -0.1) is 0 Å². The maximum atomic E-state index is 4.13. The number of hydrogen-bond acceptors (Lipinski definition) is 2. The Bertz CT molecular complexity index is 354. The average Bonchev–Trinajstić information content (AvgIpc) is 3.04. The first kappa shape index (κ1) is 10.3. The van der Waals surface area contributed by atoms with Crippen LogP contribution in [0.4, 0.5) is 0 Å². The van der Waals surface area contributed by atoms with Crippen molar-refractivity contribution in [2.45, 2.75) is 57.5 Å². The summed E-state index contributed by atoms with van der Waals surface area (Å²) in [6.07, 6.45) is 9.74. The molecule has 2 aliphatic rings. The lowest BCUT2D eigenvalue weighted by Gasteiger charge is -2.28. The van der Waals surface area contributed by atoms with Gasteiger partial charge in [0, 0.05) is 17.8 Å². The number of aromatic amines is 1. The maximum Gasteiger partial charge on any atom is 0.0522 e. The summed E-state index contributed by atoms with van der Waals surface area (Å²) in [5.41, 5.74) is 2.78. The minimum Gasteiger partial charge on any atom is -0.311 e. The van der Waals surface area contributed by atoms with Gasteiger partial charge in [-0.25, -0.2) is 0 Å². The van der Waals surface area contributed by atoms with Crippen LogP contribution in [0.15, 0.2) is 6.20 Å². The molecule has 1 heterocycles. The Morgan fingerprint density at radius 1 is 1.50 bits per heavy atom. The van der Waals surface area contributed by atoms with E-state index in [9.17, 15) is 0 Å². The highest BCUT2D eigenvalue weighted by atomic mass is 15.1. The molecule has 2 atom stereocenters. The molecule has 1 aromatic heterocycles. The van der Waals surface area contributed by atoms with Crippen LogP contribution in [0.3, 0.4) is 0 Å². The summed E-state index contributed by atoms with van der Waals surface area (Å²) in [6, 6.07) is 1.44. The van der Waals surface area contributed by atoms with E-state index in [2.05, 4.69) is 22.4 Å². The molecule has 0 amide bonds. The second-order valence-corrected chi connectivity index (χ2v) is 5.33. The monoisotopic (exact) mass is 219 g/mol. The minimum absolute atomic E-state index is 0.677. The highest BCUT2D eigenvalue weighted by Crippen LogP contribution is 2.34. The van der Waals surface area contributed by atoms with Gasteiger partial charge in [0.05, 0.1) is 6.20 Å². The Kier molecular flexibility index (Phi) is 2.72. The lowest BCUT2D eigenvalue weighted by molar-refractivity contribution is 0.358. The summed E-state index contributed by atoms with van der Waals surface area (Å²) >= 11 is 0. The molecule has 88 valence electrons. The molecule has 2 N–H and O–H groups in total. The summed E-state index contributed by atoms with van der Waals surface area (Å²) in [6.45, 7) is 2.31. The first-order valence-electron chi connectivity index (χ1n) is 6.64. The lowest BCUT2D eigenvalue weighted by atomic mass is 9.92. The Morgan fingerprint density at radius 3 is 3.12 bits per heavy atom. The van der Waals surface area contributed by atoms with Crippen LogP contribution in [0.2, 0.25) is 0 Å². The summed E-state index contributed by atoms with van der Waals surface area (Å²) in [4.78, 5) is 0. The number of nitrogens with one attached hydrogen (secondary N) is 2. The number of rotatable bonds is 4. The van der Waals surface area contributed by atoms with Crippen molar-refractivity contribution in [1.29, 1.82) is 0 Å². The molecule has 1 aromatic rings. The highest BCUT2D eigenvalue weighted by molar-refractivity contribution is 5.21. The number of nitrogens with zero attached hydrogens (tertiary/aromatic N) is 1. The van der Waals surface area contributed by atoms with Crippen molar-refractivity contribution in [3.63, 3.8) is 0 Å². The molecule has 3 heteroatoms. The van der Waals surface area contributed by atoms with Gasteiger partial charge in [-0.1, -0.05) is 6.92 Å². The van der Waals surface area contributed by atoms with Crippen LogP contribution >= 0.6 is 0 Å². The topological polar surface area (TPSA) is 40.7 Å². The molecule has 3 rings (SSSR count). The summed E-state index contributed by atoms with van der Waals surface area (Å²) < 4.78 is 0. The molecule has 2 unspecified atom stereocenters. The van der Waals surface area contributed by atoms with Gasteiger partial charge in [-0.05, 0) is 50.0 Å². The van der Waals surface area contributed by atoms with Crippen molar-refractivity contribution in [2.75, 3.05) is 0 Å². The predicted octanol–water partition coefficient (Wildman–Crippen LogP) is 2.05. The van der Waals surface area contributed by atoms with Gasteiger partial charge in [-0.2, -0.15) is 5.10 Å². The highest BCUT2D eigenvalue weighted by Gasteiger charge is 2.32. The van der Waals surface area contributed by atoms with Crippen LogP contribution in [0, 0.1) is 5.92 Å². The fourth-order valence-electron chi connectivity index (χ4n) is 2.95. The van der Waals surface area contributed by atoms with E-state index < -0.39 is 0 Å². The third-order valence-corrected chi connectivity index (χ3v) is 4.10. The zero-order chi connectivity index (χ0) is 11.0. The first-order chi connectivity index (χ1) is 7.86. The zero-order valence-electron chi connectivity index (χ0n) is 10.00. The van der Waals surface area contributed by atoms with Crippen molar-refractivity contribution in [2.24, 2.45) is 5.92 Å². The van der Waals surface area contributed by atoms with Crippen LogP contribution in [0.25, 0.3) is 0 Å². The largest absolute Gasteiger partial charge is 0.311 e. The Labute approximate surface area is 97.0 Å². The normalized spacial score (nSPS) is 26.4. The fraction of sp³-hybridized carbons (Fsp3) is 0.769. The van der Waals surface area contributed by atoms with Crippen LogP contribution in [-0.4, -0.2) is 22.3 Å². The number of H-pyrrole nitrogens is 1. The van der Waals surface area contributed by atoms with E-state index in [0.29, 0.717) is 6.04 Å². The van der Waals surface area contributed by atoms with E-state index in [-0.39, 0.29) is 0 Å². The van der Waals surface area contributed by atoms with Crippen molar-refractivity contribution >= 4 is 0 Å². The molecule has 0 saturated heterocycles. The Balaban J connectivity index is 1.60. The van der Waals surface area contributed by atoms with Gasteiger partial charge < -0.3 is 5.32 Å². The summed E-state index contributed by atoms with van der Waals surface area (Å²) in [7, 11) is 0. The van der Waals surface area contributed by atoms with Gasteiger partial charge in [0.2, 0.25) is 0 Å². The molecule has 0 spiro atoms. The number of hydrogen-bond donors (Lipinski definition) is 2. The fourth-order valence-corrected chi connectivity index (χ4v) is 2.95. The Morgan fingerprint density at radius 2 is 2.38 bits per heavy atom. The van der Waals surface area contributed by atoms with Crippen molar-refractivity contribution in [3.8, 4) is 0 Å². The van der Waals surface area contributed by atoms with Gasteiger partial charge in [0.15, 0.2) is 0 Å². The summed E-state index contributed by atoms with van der Waals surface area (Å²) in [5, 5.41) is 11.1. The SMILES string of the molecule is CCC(NC1CCc2[nH]ncc2C1)C1CC1.